The van der Waals surface area contributed by atoms with Crippen molar-refractivity contribution in [1.82, 2.24) is 0 Å². The van der Waals surface area contributed by atoms with Crippen LogP contribution in [0.1, 0.15) is 24.5 Å². The Hall–Kier alpha value is -3.03. The second-order valence-electron chi connectivity index (χ2n) is 6.65. The lowest BCUT2D eigenvalue weighted by atomic mass is 10.1. The summed E-state index contributed by atoms with van der Waals surface area (Å²) in [5.41, 5.74) is 2.52. The Morgan fingerprint density at radius 3 is 2.74 bits per heavy atom. The minimum atomic E-state index is -1.12. The van der Waals surface area contributed by atoms with Crippen molar-refractivity contribution in [2.45, 2.75) is 20.3 Å². The molecule has 0 aromatic heterocycles. The fourth-order valence-electron chi connectivity index (χ4n) is 2.83. The molecule has 6 nitrogen and oxygen atoms in total. The van der Waals surface area contributed by atoms with Gasteiger partial charge in [-0.3, -0.25) is 14.7 Å². The number of aliphatic carboxylic acids is 1. The van der Waals surface area contributed by atoms with E-state index in [1.165, 1.54) is 11.8 Å². The SMILES string of the molecule is CCCN=C1S/C(=C/c2ccc(O/C=C/C(=O)O)c(Cl)c2)C(=O)N1c1ccccc1C. The number of carbonyl (C=O) groups excluding carboxylic acids is 1. The fraction of sp³-hybridized carbons (Fsp3) is 0.174. The average Bonchev–Trinajstić information content (AvgIpc) is 3.03. The first-order valence-corrected chi connectivity index (χ1v) is 10.8. The van der Waals surface area contributed by atoms with Gasteiger partial charge in [-0.15, -0.1) is 0 Å². The third-order valence-electron chi connectivity index (χ3n) is 4.29. The molecule has 1 heterocycles. The van der Waals surface area contributed by atoms with Crippen molar-refractivity contribution in [3.8, 4) is 5.75 Å². The Labute approximate surface area is 189 Å². The summed E-state index contributed by atoms with van der Waals surface area (Å²) in [5, 5.41) is 9.58. The maximum absolute atomic E-state index is 13.2. The Kier molecular flexibility index (Phi) is 7.55. The van der Waals surface area contributed by atoms with Crippen LogP contribution in [0.25, 0.3) is 6.08 Å². The van der Waals surface area contributed by atoms with Gasteiger partial charge in [0.25, 0.3) is 5.91 Å². The van der Waals surface area contributed by atoms with Crippen molar-refractivity contribution in [2.24, 2.45) is 4.99 Å². The lowest BCUT2D eigenvalue weighted by Gasteiger charge is -2.17. The molecular weight excluding hydrogens is 436 g/mol. The Bertz CT molecular complexity index is 1090. The zero-order valence-corrected chi connectivity index (χ0v) is 18.6. The van der Waals surface area contributed by atoms with Gasteiger partial charge in [0, 0.05) is 6.54 Å². The maximum atomic E-state index is 13.2. The van der Waals surface area contributed by atoms with Gasteiger partial charge in [0.2, 0.25) is 0 Å². The number of amidine groups is 1. The zero-order valence-electron chi connectivity index (χ0n) is 17.0. The van der Waals surface area contributed by atoms with Crippen molar-refractivity contribution in [3.05, 3.63) is 75.9 Å². The maximum Gasteiger partial charge on any atom is 0.331 e. The number of hydrogen-bond acceptors (Lipinski definition) is 5. The fourth-order valence-corrected chi connectivity index (χ4v) is 4.06. The molecule has 160 valence electrons. The number of carboxylic acid groups (broad SMARTS) is 1. The van der Waals surface area contributed by atoms with E-state index < -0.39 is 5.97 Å². The Morgan fingerprint density at radius 2 is 2.06 bits per heavy atom. The van der Waals surface area contributed by atoms with E-state index >= 15 is 0 Å². The Morgan fingerprint density at radius 1 is 1.29 bits per heavy atom. The zero-order chi connectivity index (χ0) is 22.4. The van der Waals surface area contributed by atoms with Gasteiger partial charge in [-0.25, -0.2) is 4.79 Å². The molecule has 8 heteroatoms. The molecule has 1 fully saturated rings. The molecule has 0 unspecified atom stereocenters. The van der Waals surface area contributed by atoms with Crippen LogP contribution in [0.4, 0.5) is 5.69 Å². The van der Waals surface area contributed by atoms with Crippen LogP contribution in [-0.2, 0) is 9.59 Å². The van der Waals surface area contributed by atoms with E-state index in [2.05, 4.69) is 4.99 Å². The lowest BCUT2D eigenvalue weighted by molar-refractivity contribution is -0.131. The van der Waals surface area contributed by atoms with Gasteiger partial charge in [0.05, 0.1) is 28.0 Å². The number of anilines is 1. The summed E-state index contributed by atoms with van der Waals surface area (Å²) in [7, 11) is 0. The van der Waals surface area contributed by atoms with Crippen LogP contribution in [-0.4, -0.2) is 28.7 Å². The number of aryl methyl sites for hydroxylation is 1. The number of rotatable bonds is 7. The van der Waals surface area contributed by atoms with Crippen LogP contribution in [0, 0.1) is 6.92 Å². The molecule has 1 saturated heterocycles. The number of amides is 1. The number of hydrogen-bond donors (Lipinski definition) is 1. The van der Waals surface area contributed by atoms with Crippen LogP contribution in [0.5, 0.6) is 5.75 Å². The molecule has 1 aliphatic rings. The summed E-state index contributed by atoms with van der Waals surface area (Å²) < 4.78 is 5.23. The van der Waals surface area contributed by atoms with E-state index in [1.54, 1.807) is 29.2 Å². The molecular formula is C23H21ClN2O4S. The predicted octanol–water partition coefficient (Wildman–Crippen LogP) is 5.51. The van der Waals surface area contributed by atoms with E-state index in [-0.39, 0.29) is 5.91 Å². The molecule has 1 amide bonds. The number of carbonyl (C=O) groups is 2. The van der Waals surface area contributed by atoms with Crippen LogP contribution >= 0.6 is 23.4 Å². The van der Waals surface area contributed by atoms with Gasteiger partial charge in [-0.1, -0.05) is 42.8 Å². The van der Waals surface area contributed by atoms with Crippen molar-refractivity contribution >= 4 is 52.2 Å². The Balaban J connectivity index is 1.90. The minimum absolute atomic E-state index is 0.144. The molecule has 1 aliphatic heterocycles. The first-order valence-electron chi connectivity index (χ1n) is 9.60. The molecule has 31 heavy (non-hydrogen) atoms. The molecule has 0 saturated carbocycles. The first-order chi connectivity index (χ1) is 14.9. The number of thioether (sulfide) groups is 1. The molecule has 3 rings (SSSR count). The molecule has 1 N–H and O–H groups in total. The van der Waals surface area contributed by atoms with E-state index in [9.17, 15) is 9.59 Å². The van der Waals surface area contributed by atoms with Crippen LogP contribution in [0.15, 0.2) is 64.7 Å². The quantitative estimate of drug-likeness (QED) is 0.438. The average molecular weight is 457 g/mol. The lowest BCUT2D eigenvalue weighted by Crippen LogP contribution is -2.29. The number of para-hydroxylation sites is 1. The van der Waals surface area contributed by atoms with Gasteiger partial charge in [-0.05, 0) is 60.5 Å². The van der Waals surface area contributed by atoms with Gasteiger partial charge < -0.3 is 9.84 Å². The van der Waals surface area contributed by atoms with Crippen molar-refractivity contribution in [1.29, 1.82) is 0 Å². The van der Waals surface area contributed by atoms with Crippen molar-refractivity contribution in [2.75, 3.05) is 11.4 Å². The highest BCUT2D eigenvalue weighted by Gasteiger charge is 2.35. The van der Waals surface area contributed by atoms with Crippen molar-refractivity contribution < 1.29 is 19.4 Å². The molecule has 0 radical (unpaired) electrons. The summed E-state index contributed by atoms with van der Waals surface area (Å²) in [6.07, 6.45) is 4.56. The first kappa shape index (κ1) is 22.7. The van der Waals surface area contributed by atoms with Crippen LogP contribution < -0.4 is 9.64 Å². The second kappa shape index (κ2) is 10.3. The van der Waals surface area contributed by atoms with Crippen LogP contribution in [0.2, 0.25) is 5.02 Å². The number of aliphatic imine (C=N–C) groups is 1. The van der Waals surface area contributed by atoms with Gasteiger partial charge >= 0.3 is 5.97 Å². The molecule has 0 bridgehead atoms. The highest BCUT2D eigenvalue weighted by molar-refractivity contribution is 8.19. The summed E-state index contributed by atoms with van der Waals surface area (Å²) in [4.78, 5) is 30.6. The molecule has 0 atom stereocenters. The highest BCUT2D eigenvalue weighted by atomic mass is 35.5. The summed E-state index contributed by atoms with van der Waals surface area (Å²) in [6, 6.07) is 12.7. The van der Waals surface area contributed by atoms with Gasteiger partial charge in [0.1, 0.15) is 5.75 Å². The second-order valence-corrected chi connectivity index (χ2v) is 8.07. The third kappa shape index (κ3) is 5.57. The predicted molar refractivity (Wildman–Crippen MR) is 126 cm³/mol. The standard InChI is InChI=1S/C23H21ClN2O4S/c1-3-11-25-23-26(18-7-5-4-6-15(18)2)22(29)20(31-23)14-16-8-9-19(17(24)13-16)30-12-10-21(27)28/h4-10,12-14H,3,11H2,1-2H3,(H,27,28)/b12-10+,20-14+,25-23?. The molecule has 2 aromatic rings. The molecule has 0 aliphatic carbocycles. The van der Waals surface area contributed by atoms with Gasteiger partial charge in [-0.2, -0.15) is 0 Å². The summed E-state index contributed by atoms with van der Waals surface area (Å²) in [6.45, 7) is 4.63. The normalized spacial score (nSPS) is 16.6. The largest absolute Gasteiger partial charge is 0.478 e. The number of carboxylic acids is 1. The van der Waals surface area contributed by atoms with E-state index in [0.717, 1.165) is 35.6 Å². The van der Waals surface area contributed by atoms with Crippen LogP contribution in [0.3, 0.4) is 0 Å². The monoisotopic (exact) mass is 456 g/mol. The van der Waals surface area contributed by atoms with Gasteiger partial charge in [0.15, 0.2) is 5.17 Å². The topological polar surface area (TPSA) is 79.2 Å². The number of halogens is 1. The highest BCUT2D eigenvalue weighted by Crippen LogP contribution is 2.38. The summed E-state index contributed by atoms with van der Waals surface area (Å²) >= 11 is 7.58. The van der Waals surface area contributed by atoms with E-state index in [0.29, 0.717) is 27.4 Å². The minimum Gasteiger partial charge on any atom is -0.478 e. The number of ether oxygens (including phenoxy) is 1. The molecule has 2 aromatic carbocycles. The van der Waals surface area contributed by atoms with Crippen molar-refractivity contribution in [3.63, 3.8) is 0 Å². The van der Waals surface area contributed by atoms with E-state index in [4.69, 9.17) is 21.4 Å². The smallest absolute Gasteiger partial charge is 0.331 e. The van der Waals surface area contributed by atoms with E-state index in [1.807, 2.05) is 38.1 Å². The third-order valence-corrected chi connectivity index (χ3v) is 5.59. The number of nitrogens with zero attached hydrogens (tertiary/aromatic N) is 2. The molecule has 0 spiro atoms. The number of benzene rings is 2. The summed E-state index contributed by atoms with van der Waals surface area (Å²) in [5.74, 6) is -0.943.